The molecule has 0 saturated carbocycles. The molecule has 3 aromatic carbocycles. The molecule has 0 saturated heterocycles. The van der Waals surface area contributed by atoms with Crippen molar-refractivity contribution in [1.29, 1.82) is 0 Å². The van der Waals surface area contributed by atoms with Gasteiger partial charge in [-0.2, -0.15) is 0 Å². The molecule has 0 amide bonds. The van der Waals surface area contributed by atoms with Crippen molar-refractivity contribution < 1.29 is 0 Å². The van der Waals surface area contributed by atoms with Crippen LogP contribution in [0.25, 0.3) is 0 Å². The average Bonchev–Trinajstić information content (AvgIpc) is 2.74. The molecule has 3 rings (SSSR count). The molecule has 158 valence electrons. The fourth-order valence-corrected chi connectivity index (χ4v) is 4.21. The lowest BCUT2D eigenvalue weighted by molar-refractivity contribution is 0.625. The van der Waals surface area contributed by atoms with E-state index in [4.69, 9.17) is 0 Å². The molecule has 0 aliphatic carbocycles. The quantitative estimate of drug-likeness (QED) is 0.390. The van der Waals surface area contributed by atoms with Gasteiger partial charge in [0.1, 0.15) is 0 Å². The molecule has 0 heterocycles. The van der Waals surface area contributed by atoms with Crippen molar-refractivity contribution in [3.8, 4) is 0 Å². The minimum atomic E-state index is -0.0168. The first kappa shape index (κ1) is 22.3. The lowest BCUT2D eigenvalue weighted by atomic mass is 9.74. The molecular weight excluding hydrogens is 360 g/mol. The molecule has 0 radical (unpaired) electrons. The highest BCUT2D eigenvalue weighted by Gasteiger charge is 2.26. The topological polar surface area (TPSA) is 0 Å². The summed E-state index contributed by atoms with van der Waals surface area (Å²) < 4.78 is 0. The molecule has 0 spiro atoms. The Bertz CT molecular complexity index is 868. The summed E-state index contributed by atoms with van der Waals surface area (Å²) in [5.41, 5.74) is 8.20. The lowest BCUT2D eigenvalue weighted by Gasteiger charge is -2.30. The largest absolute Gasteiger partial charge is 0.0587 e. The summed E-state index contributed by atoms with van der Waals surface area (Å²) in [5.74, 6) is 1.14. The molecule has 0 aromatic heterocycles. The standard InChI is InChI=1S/C30H38/c1-21(2)23-9-13-25(14-10-23)29(5,6)27-17-19-28(20-18-27)30(7,8)26-15-11-24(12-16-26)22(3)4/h9-22H,1-8H3. The van der Waals surface area contributed by atoms with E-state index in [-0.39, 0.29) is 10.8 Å². The van der Waals surface area contributed by atoms with Crippen LogP contribution in [0.2, 0.25) is 0 Å². The van der Waals surface area contributed by atoms with Gasteiger partial charge in [0.05, 0.1) is 0 Å². The van der Waals surface area contributed by atoms with E-state index in [0.29, 0.717) is 11.8 Å². The maximum Gasteiger partial charge on any atom is 0.0146 e. The Labute approximate surface area is 184 Å². The van der Waals surface area contributed by atoms with Gasteiger partial charge in [-0.15, -0.1) is 0 Å². The summed E-state index contributed by atoms with van der Waals surface area (Å²) >= 11 is 0. The van der Waals surface area contributed by atoms with Crippen molar-refractivity contribution >= 4 is 0 Å². The predicted octanol–water partition coefficient (Wildman–Crippen LogP) is 8.59. The minimum absolute atomic E-state index is 0.0168. The van der Waals surface area contributed by atoms with Crippen molar-refractivity contribution in [1.82, 2.24) is 0 Å². The zero-order valence-electron chi connectivity index (χ0n) is 20.1. The Morgan fingerprint density at radius 2 is 0.600 bits per heavy atom. The Kier molecular flexibility index (Phi) is 6.27. The summed E-state index contributed by atoms with van der Waals surface area (Å²) in [6.45, 7) is 18.3. The summed E-state index contributed by atoms with van der Waals surface area (Å²) in [6, 6.07) is 27.6. The number of rotatable bonds is 6. The van der Waals surface area contributed by atoms with Gasteiger partial charge in [-0.05, 0) is 45.2 Å². The zero-order valence-corrected chi connectivity index (χ0v) is 20.1. The van der Waals surface area contributed by atoms with Crippen LogP contribution in [0, 0.1) is 0 Å². The number of hydrogen-bond donors (Lipinski definition) is 0. The van der Waals surface area contributed by atoms with Crippen molar-refractivity contribution in [3.05, 3.63) is 106 Å². The van der Waals surface area contributed by atoms with Gasteiger partial charge in [0.15, 0.2) is 0 Å². The van der Waals surface area contributed by atoms with Gasteiger partial charge < -0.3 is 0 Å². The van der Waals surface area contributed by atoms with Crippen LogP contribution in [0.1, 0.15) is 101 Å². The van der Waals surface area contributed by atoms with Gasteiger partial charge in [-0.25, -0.2) is 0 Å². The normalized spacial score (nSPS) is 12.6. The van der Waals surface area contributed by atoms with E-state index in [1.807, 2.05) is 0 Å². The molecule has 0 unspecified atom stereocenters. The summed E-state index contributed by atoms with van der Waals surface area (Å²) in [4.78, 5) is 0. The summed E-state index contributed by atoms with van der Waals surface area (Å²) in [7, 11) is 0. The van der Waals surface area contributed by atoms with Crippen molar-refractivity contribution in [2.75, 3.05) is 0 Å². The van der Waals surface area contributed by atoms with E-state index in [0.717, 1.165) is 0 Å². The van der Waals surface area contributed by atoms with E-state index in [1.165, 1.54) is 33.4 Å². The van der Waals surface area contributed by atoms with E-state index in [9.17, 15) is 0 Å². The number of hydrogen-bond acceptors (Lipinski definition) is 0. The maximum absolute atomic E-state index is 2.32. The van der Waals surface area contributed by atoms with Crippen LogP contribution >= 0.6 is 0 Å². The molecule has 0 nitrogen and oxygen atoms in total. The first-order valence-electron chi connectivity index (χ1n) is 11.4. The molecule has 0 N–H and O–H groups in total. The van der Waals surface area contributed by atoms with Crippen LogP contribution < -0.4 is 0 Å². The molecule has 0 heteroatoms. The van der Waals surface area contributed by atoms with E-state index in [1.54, 1.807) is 0 Å². The van der Waals surface area contributed by atoms with Gasteiger partial charge >= 0.3 is 0 Å². The van der Waals surface area contributed by atoms with Gasteiger partial charge in [0, 0.05) is 10.8 Å². The average molecular weight is 399 g/mol. The maximum atomic E-state index is 2.32. The van der Waals surface area contributed by atoms with Crippen molar-refractivity contribution in [3.63, 3.8) is 0 Å². The third kappa shape index (κ3) is 4.38. The monoisotopic (exact) mass is 398 g/mol. The van der Waals surface area contributed by atoms with Gasteiger partial charge in [-0.3, -0.25) is 0 Å². The fourth-order valence-electron chi connectivity index (χ4n) is 4.21. The smallest absolute Gasteiger partial charge is 0.0146 e. The van der Waals surface area contributed by atoms with Crippen LogP contribution in [0.15, 0.2) is 72.8 Å². The van der Waals surface area contributed by atoms with Crippen LogP contribution in [-0.2, 0) is 10.8 Å². The zero-order chi connectivity index (χ0) is 22.1. The Morgan fingerprint density at radius 3 is 0.800 bits per heavy atom. The second kappa shape index (κ2) is 8.42. The van der Waals surface area contributed by atoms with E-state index >= 15 is 0 Å². The van der Waals surface area contributed by atoms with Crippen molar-refractivity contribution in [2.45, 2.75) is 78.1 Å². The summed E-state index contributed by atoms with van der Waals surface area (Å²) in [5, 5.41) is 0. The van der Waals surface area contributed by atoms with Crippen LogP contribution in [0.4, 0.5) is 0 Å². The molecule has 3 aromatic rings. The molecule has 0 fully saturated rings. The number of benzene rings is 3. The third-order valence-corrected chi connectivity index (χ3v) is 6.93. The highest BCUT2D eigenvalue weighted by Crippen LogP contribution is 2.36. The van der Waals surface area contributed by atoms with Gasteiger partial charge in [0.25, 0.3) is 0 Å². The highest BCUT2D eigenvalue weighted by atomic mass is 14.3. The molecule has 0 atom stereocenters. The predicted molar refractivity (Wildman–Crippen MR) is 132 cm³/mol. The van der Waals surface area contributed by atoms with Crippen LogP contribution in [0.5, 0.6) is 0 Å². The Balaban J connectivity index is 1.87. The molecule has 0 bridgehead atoms. The highest BCUT2D eigenvalue weighted by molar-refractivity contribution is 5.44. The lowest BCUT2D eigenvalue weighted by Crippen LogP contribution is -2.21. The molecule has 30 heavy (non-hydrogen) atoms. The third-order valence-electron chi connectivity index (χ3n) is 6.93. The minimum Gasteiger partial charge on any atom is -0.0587 e. The van der Waals surface area contributed by atoms with E-state index < -0.39 is 0 Å². The Morgan fingerprint density at radius 1 is 0.400 bits per heavy atom. The van der Waals surface area contributed by atoms with Gasteiger partial charge in [-0.1, -0.05) is 128 Å². The second-order valence-electron chi connectivity index (χ2n) is 10.4. The SMILES string of the molecule is CC(C)c1ccc(C(C)(C)c2ccc(C(C)(C)c3ccc(C(C)C)cc3)cc2)cc1. The molecule has 0 aliphatic heterocycles. The fraction of sp³-hybridized carbons (Fsp3) is 0.400. The van der Waals surface area contributed by atoms with E-state index in [2.05, 4.69) is 128 Å². The first-order chi connectivity index (χ1) is 14.0. The van der Waals surface area contributed by atoms with Crippen molar-refractivity contribution in [2.24, 2.45) is 0 Å². The summed E-state index contributed by atoms with van der Waals surface area (Å²) in [6.07, 6.45) is 0. The van der Waals surface area contributed by atoms with Gasteiger partial charge in [0.2, 0.25) is 0 Å². The van der Waals surface area contributed by atoms with Crippen LogP contribution in [-0.4, -0.2) is 0 Å². The first-order valence-corrected chi connectivity index (χ1v) is 11.4. The second-order valence-corrected chi connectivity index (χ2v) is 10.4. The van der Waals surface area contributed by atoms with Crippen LogP contribution in [0.3, 0.4) is 0 Å². The molecular formula is C30H38. The molecule has 0 aliphatic rings. The Hall–Kier alpha value is -2.34.